The van der Waals surface area contributed by atoms with Gasteiger partial charge in [-0.1, -0.05) is 0 Å². The molecule has 1 aromatic rings. The Morgan fingerprint density at radius 1 is 1.30 bits per heavy atom. The first-order chi connectivity index (χ1) is 11.2. The SMILES string of the molecule is COCC[C@@H](CO)NC(=O)Nc1ccc(OC2CCCC2)cc1. The molecule has 128 valence electrons. The number of nitrogens with one attached hydrogen (secondary N) is 2. The third-order valence-corrected chi connectivity index (χ3v) is 3.94. The van der Waals surface area contributed by atoms with Gasteiger partial charge in [0.1, 0.15) is 5.75 Å². The molecule has 6 nitrogen and oxygen atoms in total. The lowest BCUT2D eigenvalue weighted by Crippen LogP contribution is -2.40. The summed E-state index contributed by atoms with van der Waals surface area (Å²) in [4.78, 5) is 11.9. The van der Waals surface area contributed by atoms with Crippen molar-refractivity contribution in [3.8, 4) is 5.75 Å². The zero-order valence-electron chi connectivity index (χ0n) is 13.6. The van der Waals surface area contributed by atoms with E-state index in [1.165, 1.54) is 12.8 Å². The maximum absolute atomic E-state index is 11.9. The highest BCUT2D eigenvalue weighted by Gasteiger charge is 2.16. The minimum atomic E-state index is -0.343. The molecule has 23 heavy (non-hydrogen) atoms. The van der Waals surface area contributed by atoms with Crippen LogP contribution in [0.5, 0.6) is 5.75 Å². The van der Waals surface area contributed by atoms with Crippen molar-refractivity contribution < 1.29 is 19.4 Å². The van der Waals surface area contributed by atoms with Crippen LogP contribution < -0.4 is 15.4 Å². The molecule has 0 aromatic heterocycles. The monoisotopic (exact) mass is 322 g/mol. The Bertz CT molecular complexity index is 472. The van der Waals surface area contributed by atoms with Crippen molar-refractivity contribution in [3.63, 3.8) is 0 Å². The molecule has 1 saturated carbocycles. The van der Waals surface area contributed by atoms with Gasteiger partial charge in [-0.05, 0) is 56.4 Å². The van der Waals surface area contributed by atoms with Gasteiger partial charge < -0.3 is 25.2 Å². The number of hydrogen-bond donors (Lipinski definition) is 3. The standard InChI is InChI=1S/C17H26N2O4/c1-22-11-10-14(12-20)19-17(21)18-13-6-8-16(9-7-13)23-15-4-2-3-5-15/h6-9,14-15,20H,2-5,10-12H2,1H3,(H2,18,19,21)/t14-/m0/s1. The third kappa shape index (κ3) is 6.08. The van der Waals surface area contributed by atoms with Crippen LogP contribution in [0.25, 0.3) is 0 Å². The van der Waals surface area contributed by atoms with Crippen molar-refractivity contribution in [3.05, 3.63) is 24.3 Å². The van der Waals surface area contributed by atoms with Crippen LogP contribution >= 0.6 is 0 Å². The first-order valence-corrected chi connectivity index (χ1v) is 8.15. The number of carbonyl (C=O) groups excluding carboxylic acids is 1. The number of aliphatic hydroxyl groups excluding tert-OH is 1. The smallest absolute Gasteiger partial charge is 0.319 e. The molecule has 0 unspecified atom stereocenters. The fourth-order valence-corrected chi connectivity index (χ4v) is 2.64. The fraction of sp³-hybridized carbons (Fsp3) is 0.588. The zero-order chi connectivity index (χ0) is 16.5. The van der Waals surface area contributed by atoms with E-state index in [1.807, 2.05) is 24.3 Å². The van der Waals surface area contributed by atoms with E-state index in [9.17, 15) is 9.90 Å². The minimum absolute atomic E-state index is 0.120. The molecule has 1 aliphatic carbocycles. The molecule has 6 heteroatoms. The van der Waals surface area contributed by atoms with Crippen LogP contribution in [0.1, 0.15) is 32.1 Å². The molecular weight excluding hydrogens is 296 g/mol. The highest BCUT2D eigenvalue weighted by molar-refractivity contribution is 5.89. The number of rotatable bonds is 8. The summed E-state index contributed by atoms with van der Waals surface area (Å²) >= 11 is 0. The van der Waals surface area contributed by atoms with Gasteiger partial charge in [0.05, 0.1) is 18.8 Å². The Kier molecular flexibility index (Phi) is 7.16. The van der Waals surface area contributed by atoms with E-state index >= 15 is 0 Å². The summed E-state index contributed by atoms with van der Waals surface area (Å²) in [5.41, 5.74) is 0.685. The van der Waals surface area contributed by atoms with Gasteiger partial charge in [0.15, 0.2) is 0 Å². The van der Waals surface area contributed by atoms with Crippen LogP contribution in [0.4, 0.5) is 10.5 Å². The Morgan fingerprint density at radius 2 is 2.00 bits per heavy atom. The van der Waals surface area contributed by atoms with Gasteiger partial charge in [-0.2, -0.15) is 0 Å². The Morgan fingerprint density at radius 3 is 2.61 bits per heavy atom. The lowest BCUT2D eigenvalue weighted by atomic mass is 10.2. The van der Waals surface area contributed by atoms with Crippen LogP contribution in [0.2, 0.25) is 0 Å². The van der Waals surface area contributed by atoms with E-state index in [-0.39, 0.29) is 18.7 Å². The number of hydrogen-bond acceptors (Lipinski definition) is 4. The van der Waals surface area contributed by atoms with Crippen LogP contribution in [0, 0.1) is 0 Å². The number of aliphatic hydroxyl groups is 1. The Hall–Kier alpha value is -1.79. The largest absolute Gasteiger partial charge is 0.490 e. The van der Waals surface area contributed by atoms with Crippen LogP contribution in [0.3, 0.4) is 0 Å². The van der Waals surface area contributed by atoms with E-state index in [2.05, 4.69) is 10.6 Å². The Labute approximate surface area is 137 Å². The molecule has 0 saturated heterocycles. The molecule has 0 bridgehead atoms. The van der Waals surface area contributed by atoms with Crippen LogP contribution in [-0.4, -0.2) is 43.6 Å². The van der Waals surface area contributed by atoms with Crippen molar-refractivity contribution in [2.45, 2.75) is 44.2 Å². The van der Waals surface area contributed by atoms with Crippen molar-refractivity contribution in [2.24, 2.45) is 0 Å². The topological polar surface area (TPSA) is 79.8 Å². The second kappa shape index (κ2) is 9.37. The first kappa shape index (κ1) is 17.6. The molecule has 2 amide bonds. The van der Waals surface area contributed by atoms with E-state index in [0.29, 0.717) is 24.8 Å². The molecular formula is C17H26N2O4. The van der Waals surface area contributed by atoms with E-state index < -0.39 is 0 Å². The van der Waals surface area contributed by atoms with Gasteiger partial charge in [0.2, 0.25) is 0 Å². The summed E-state index contributed by atoms with van der Waals surface area (Å²) in [5, 5.41) is 14.7. The number of ether oxygens (including phenoxy) is 2. The van der Waals surface area contributed by atoms with Crippen molar-refractivity contribution in [1.29, 1.82) is 0 Å². The molecule has 0 radical (unpaired) electrons. The third-order valence-electron chi connectivity index (χ3n) is 3.94. The molecule has 0 heterocycles. The fourth-order valence-electron chi connectivity index (χ4n) is 2.64. The second-order valence-electron chi connectivity index (χ2n) is 5.81. The molecule has 0 aliphatic heterocycles. The number of anilines is 1. The second-order valence-corrected chi connectivity index (χ2v) is 5.81. The van der Waals surface area contributed by atoms with Gasteiger partial charge in [-0.25, -0.2) is 4.79 Å². The van der Waals surface area contributed by atoms with E-state index in [1.54, 1.807) is 7.11 Å². The summed E-state index contributed by atoms with van der Waals surface area (Å²) < 4.78 is 10.8. The van der Waals surface area contributed by atoms with Crippen molar-refractivity contribution >= 4 is 11.7 Å². The normalized spacial score (nSPS) is 16.1. The summed E-state index contributed by atoms with van der Waals surface area (Å²) in [7, 11) is 1.59. The summed E-state index contributed by atoms with van der Waals surface area (Å²) in [5.74, 6) is 0.830. The van der Waals surface area contributed by atoms with Crippen LogP contribution in [-0.2, 0) is 4.74 Å². The molecule has 0 spiro atoms. The molecule has 1 fully saturated rings. The molecule has 3 N–H and O–H groups in total. The lowest BCUT2D eigenvalue weighted by molar-refractivity contribution is 0.161. The van der Waals surface area contributed by atoms with Crippen LogP contribution in [0.15, 0.2) is 24.3 Å². The highest BCUT2D eigenvalue weighted by atomic mass is 16.5. The van der Waals surface area contributed by atoms with Gasteiger partial charge in [-0.15, -0.1) is 0 Å². The average molecular weight is 322 g/mol. The first-order valence-electron chi connectivity index (χ1n) is 8.15. The summed E-state index contributed by atoms with van der Waals surface area (Å²) in [6.45, 7) is 0.365. The van der Waals surface area contributed by atoms with Crippen molar-refractivity contribution in [2.75, 3.05) is 25.6 Å². The van der Waals surface area contributed by atoms with Crippen molar-refractivity contribution in [1.82, 2.24) is 5.32 Å². The average Bonchev–Trinajstić information content (AvgIpc) is 3.06. The van der Waals surface area contributed by atoms with Gasteiger partial charge in [0.25, 0.3) is 0 Å². The molecule has 2 rings (SSSR count). The number of urea groups is 1. The molecule has 1 aliphatic rings. The number of amides is 2. The number of methoxy groups -OCH3 is 1. The minimum Gasteiger partial charge on any atom is -0.490 e. The molecule has 1 aromatic carbocycles. The van der Waals surface area contributed by atoms with Gasteiger partial charge >= 0.3 is 6.03 Å². The summed E-state index contributed by atoms with van der Waals surface area (Å²) in [6, 6.07) is 6.69. The van der Waals surface area contributed by atoms with Gasteiger partial charge in [0, 0.05) is 19.4 Å². The molecule has 1 atom stereocenters. The van der Waals surface area contributed by atoms with Gasteiger partial charge in [-0.3, -0.25) is 0 Å². The Balaban J connectivity index is 1.78. The predicted molar refractivity (Wildman–Crippen MR) is 88.8 cm³/mol. The predicted octanol–water partition coefficient (Wildman–Crippen LogP) is 2.53. The van der Waals surface area contributed by atoms with E-state index in [4.69, 9.17) is 9.47 Å². The maximum Gasteiger partial charge on any atom is 0.319 e. The highest BCUT2D eigenvalue weighted by Crippen LogP contribution is 2.24. The summed E-state index contributed by atoms with van der Waals surface area (Å²) in [6.07, 6.45) is 5.59. The van der Waals surface area contributed by atoms with E-state index in [0.717, 1.165) is 18.6 Å². The zero-order valence-corrected chi connectivity index (χ0v) is 13.6. The lowest BCUT2D eigenvalue weighted by Gasteiger charge is -2.17. The number of carbonyl (C=O) groups is 1. The maximum atomic E-state index is 11.9. The quantitative estimate of drug-likeness (QED) is 0.687. The number of benzene rings is 1.